The maximum atomic E-state index is 13.6. The van der Waals surface area contributed by atoms with Crippen LogP contribution in [-0.2, 0) is 9.59 Å². The monoisotopic (exact) mass is 434 g/mol. The summed E-state index contributed by atoms with van der Waals surface area (Å²) in [6.07, 6.45) is 1.43. The van der Waals surface area contributed by atoms with Crippen molar-refractivity contribution in [1.29, 1.82) is 0 Å². The largest absolute Gasteiger partial charge is 0.493 e. The first kappa shape index (κ1) is 21.9. The van der Waals surface area contributed by atoms with Crippen LogP contribution in [0.5, 0.6) is 11.5 Å². The van der Waals surface area contributed by atoms with Crippen LogP contribution >= 0.6 is 0 Å². The van der Waals surface area contributed by atoms with Crippen molar-refractivity contribution in [2.24, 2.45) is 5.41 Å². The highest BCUT2D eigenvalue weighted by atomic mass is 16.5. The molecular formula is C26H30N2O4. The number of hydrogen-bond acceptors (Lipinski definition) is 5. The Balaban J connectivity index is 2.07. The quantitative estimate of drug-likeness (QED) is 0.711. The van der Waals surface area contributed by atoms with E-state index in [4.69, 9.17) is 9.47 Å². The van der Waals surface area contributed by atoms with Crippen molar-refractivity contribution in [2.45, 2.75) is 46.1 Å². The van der Waals surface area contributed by atoms with Crippen LogP contribution in [-0.4, -0.2) is 25.9 Å². The molecule has 0 aromatic heterocycles. The standard InChI is InChI=1S/C26H30N2O4/c1-6-22(30)28-19-12-8-7-11-17(19)27-18-14-26(2,3)15-20(29)23(18)24(28)16-10-9-13-21(31-4)25(16)32-5/h7-13,24,27H,6,14-15H2,1-5H3/t24-/m0/s1. The van der Waals surface area contributed by atoms with Gasteiger partial charge < -0.3 is 14.8 Å². The molecule has 0 spiro atoms. The number of carbonyl (C=O) groups is 2. The Hall–Kier alpha value is -3.28. The number of Topliss-reactive ketones (excluding diaryl/α,β-unsaturated/α-hetero) is 1. The zero-order valence-corrected chi connectivity index (χ0v) is 19.3. The van der Waals surface area contributed by atoms with Crippen LogP contribution < -0.4 is 19.7 Å². The fraction of sp³-hybridized carbons (Fsp3) is 0.385. The van der Waals surface area contributed by atoms with E-state index in [1.54, 1.807) is 19.1 Å². The molecule has 168 valence electrons. The summed E-state index contributed by atoms with van der Waals surface area (Å²) >= 11 is 0. The lowest BCUT2D eigenvalue weighted by Gasteiger charge is -2.37. The van der Waals surface area contributed by atoms with Crippen LogP contribution in [0.1, 0.15) is 51.6 Å². The van der Waals surface area contributed by atoms with E-state index in [1.807, 2.05) is 49.4 Å². The molecule has 2 aromatic rings. The normalized spacial score (nSPS) is 19.5. The summed E-state index contributed by atoms with van der Waals surface area (Å²) in [5.74, 6) is 1.06. The number of rotatable bonds is 4. The van der Waals surface area contributed by atoms with Gasteiger partial charge in [0.05, 0.1) is 31.6 Å². The molecule has 0 radical (unpaired) electrons. The van der Waals surface area contributed by atoms with Crippen LogP contribution in [0.15, 0.2) is 53.7 Å². The molecule has 0 saturated heterocycles. The van der Waals surface area contributed by atoms with Crippen molar-refractivity contribution >= 4 is 23.1 Å². The van der Waals surface area contributed by atoms with Gasteiger partial charge in [-0.2, -0.15) is 0 Å². The summed E-state index contributed by atoms with van der Waals surface area (Å²) in [6.45, 7) is 6.04. The summed E-state index contributed by atoms with van der Waals surface area (Å²) in [7, 11) is 3.16. The van der Waals surface area contributed by atoms with Crippen molar-refractivity contribution in [3.63, 3.8) is 0 Å². The van der Waals surface area contributed by atoms with E-state index in [0.717, 1.165) is 22.6 Å². The summed E-state index contributed by atoms with van der Waals surface area (Å²) < 4.78 is 11.3. The predicted molar refractivity (Wildman–Crippen MR) is 125 cm³/mol. The molecule has 0 bridgehead atoms. The zero-order valence-electron chi connectivity index (χ0n) is 19.3. The highest BCUT2D eigenvalue weighted by molar-refractivity contribution is 6.06. The molecule has 1 amide bonds. The van der Waals surface area contributed by atoms with Gasteiger partial charge in [-0.15, -0.1) is 0 Å². The number of amides is 1. The predicted octanol–water partition coefficient (Wildman–Crippen LogP) is 5.26. The summed E-state index contributed by atoms with van der Waals surface area (Å²) in [4.78, 5) is 28.8. The van der Waals surface area contributed by atoms with Gasteiger partial charge in [0.2, 0.25) is 5.91 Å². The molecule has 0 fully saturated rings. The second-order valence-electron chi connectivity index (χ2n) is 9.08. The second kappa shape index (κ2) is 8.34. The first-order chi connectivity index (χ1) is 15.3. The number of anilines is 2. The molecular weight excluding hydrogens is 404 g/mol. The minimum atomic E-state index is -0.623. The van der Waals surface area contributed by atoms with Gasteiger partial charge in [-0.3, -0.25) is 14.5 Å². The average Bonchev–Trinajstić information content (AvgIpc) is 2.91. The lowest BCUT2D eigenvalue weighted by molar-refractivity contribution is -0.119. The number of nitrogens with zero attached hydrogens (tertiary/aromatic N) is 1. The van der Waals surface area contributed by atoms with Crippen LogP contribution in [0.4, 0.5) is 11.4 Å². The minimum absolute atomic E-state index is 0.0420. The summed E-state index contributed by atoms with van der Waals surface area (Å²) in [5.41, 5.74) is 3.60. The summed E-state index contributed by atoms with van der Waals surface area (Å²) in [6, 6.07) is 12.7. The number of ether oxygens (including phenoxy) is 2. The molecule has 0 unspecified atom stereocenters. The van der Waals surface area contributed by atoms with Crippen molar-refractivity contribution in [2.75, 3.05) is 24.4 Å². The third kappa shape index (κ3) is 3.64. The molecule has 1 aliphatic heterocycles. The van der Waals surface area contributed by atoms with Crippen molar-refractivity contribution in [3.05, 3.63) is 59.3 Å². The number of fused-ring (bicyclic) bond motifs is 1. The molecule has 0 saturated carbocycles. The van der Waals surface area contributed by atoms with E-state index in [1.165, 1.54) is 0 Å². The topological polar surface area (TPSA) is 67.9 Å². The number of ketones is 1. The number of para-hydroxylation sites is 3. The lowest BCUT2D eigenvalue weighted by Crippen LogP contribution is -2.39. The molecule has 1 N–H and O–H groups in total. The lowest BCUT2D eigenvalue weighted by atomic mass is 9.73. The summed E-state index contributed by atoms with van der Waals surface area (Å²) in [5, 5.41) is 3.52. The van der Waals surface area contributed by atoms with Crippen molar-refractivity contribution in [1.82, 2.24) is 0 Å². The van der Waals surface area contributed by atoms with Gasteiger partial charge >= 0.3 is 0 Å². The fourth-order valence-electron chi connectivity index (χ4n) is 4.85. The highest BCUT2D eigenvalue weighted by Gasteiger charge is 2.44. The highest BCUT2D eigenvalue weighted by Crippen LogP contribution is 2.50. The molecule has 4 rings (SSSR count). The number of hydrogen-bond donors (Lipinski definition) is 1. The minimum Gasteiger partial charge on any atom is -0.493 e. The Morgan fingerprint density at radius 1 is 1.09 bits per heavy atom. The van der Waals surface area contributed by atoms with E-state index in [-0.39, 0.29) is 17.1 Å². The van der Waals surface area contributed by atoms with Crippen LogP contribution in [0, 0.1) is 5.41 Å². The maximum Gasteiger partial charge on any atom is 0.227 e. The molecule has 1 heterocycles. The first-order valence-electron chi connectivity index (χ1n) is 11.0. The number of nitrogens with one attached hydrogen (secondary N) is 1. The zero-order chi connectivity index (χ0) is 23.0. The Bertz CT molecular complexity index is 1100. The Morgan fingerprint density at radius 3 is 2.53 bits per heavy atom. The molecule has 1 atom stereocenters. The fourth-order valence-corrected chi connectivity index (χ4v) is 4.85. The Kier molecular flexibility index (Phi) is 5.71. The third-order valence-corrected chi connectivity index (χ3v) is 6.20. The number of methoxy groups -OCH3 is 2. The van der Waals surface area contributed by atoms with E-state index in [9.17, 15) is 9.59 Å². The van der Waals surface area contributed by atoms with Gasteiger partial charge in [-0.25, -0.2) is 0 Å². The molecule has 6 nitrogen and oxygen atoms in total. The molecule has 2 aromatic carbocycles. The van der Waals surface area contributed by atoms with E-state index < -0.39 is 6.04 Å². The van der Waals surface area contributed by atoms with E-state index in [2.05, 4.69) is 19.2 Å². The molecule has 2 aliphatic rings. The van der Waals surface area contributed by atoms with E-state index in [0.29, 0.717) is 36.3 Å². The second-order valence-corrected chi connectivity index (χ2v) is 9.08. The Labute approximate surface area is 189 Å². The third-order valence-electron chi connectivity index (χ3n) is 6.20. The van der Waals surface area contributed by atoms with Gasteiger partial charge in [-0.1, -0.05) is 45.0 Å². The van der Waals surface area contributed by atoms with Crippen LogP contribution in [0.2, 0.25) is 0 Å². The number of carbonyl (C=O) groups excluding carboxylic acids is 2. The van der Waals surface area contributed by atoms with Gasteiger partial charge in [0.15, 0.2) is 17.3 Å². The van der Waals surface area contributed by atoms with Gasteiger partial charge in [0.25, 0.3) is 0 Å². The van der Waals surface area contributed by atoms with Gasteiger partial charge in [0, 0.05) is 29.7 Å². The van der Waals surface area contributed by atoms with Crippen molar-refractivity contribution < 1.29 is 19.1 Å². The smallest absolute Gasteiger partial charge is 0.227 e. The molecule has 6 heteroatoms. The molecule has 32 heavy (non-hydrogen) atoms. The maximum absolute atomic E-state index is 13.6. The Morgan fingerprint density at radius 2 is 1.84 bits per heavy atom. The van der Waals surface area contributed by atoms with E-state index >= 15 is 0 Å². The van der Waals surface area contributed by atoms with Crippen LogP contribution in [0.25, 0.3) is 0 Å². The number of allylic oxidation sites excluding steroid dienone is 1. The van der Waals surface area contributed by atoms with Crippen molar-refractivity contribution in [3.8, 4) is 11.5 Å². The molecule has 1 aliphatic carbocycles. The van der Waals surface area contributed by atoms with Crippen LogP contribution in [0.3, 0.4) is 0 Å². The average molecular weight is 435 g/mol. The first-order valence-corrected chi connectivity index (χ1v) is 11.0. The van der Waals surface area contributed by atoms with Gasteiger partial charge in [0.1, 0.15) is 0 Å². The SMILES string of the molecule is CCC(=O)N1c2ccccc2NC2=C(C(=O)CC(C)(C)C2)[C@@H]1c1cccc(OC)c1OC. The number of benzene rings is 2. The van der Waals surface area contributed by atoms with Gasteiger partial charge in [-0.05, 0) is 30.0 Å².